The molecule has 0 aromatic heterocycles. The molecule has 0 aliphatic carbocycles. The number of amides is 1. The molecule has 0 aliphatic rings. The molecule has 0 fully saturated rings. The first-order valence-electron chi connectivity index (χ1n) is 7.20. The summed E-state index contributed by atoms with van der Waals surface area (Å²) < 4.78 is 5.22. The Morgan fingerprint density at radius 1 is 1.20 bits per heavy atom. The van der Waals surface area contributed by atoms with E-state index in [1.807, 2.05) is 24.3 Å². The Kier molecular flexibility index (Phi) is 7.09. The predicted molar refractivity (Wildman–Crippen MR) is 81.5 cm³/mol. The molecule has 1 unspecified atom stereocenters. The molecule has 0 saturated heterocycles. The van der Waals surface area contributed by atoms with Gasteiger partial charge < -0.3 is 15.8 Å². The summed E-state index contributed by atoms with van der Waals surface area (Å²) >= 11 is 0. The van der Waals surface area contributed by atoms with Crippen LogP contribution >= 0.6 is 0 Å². The third-order valence-corrected chi connectivity index (χ3v) is 3.14. The zero-order valence-corrected chi connectivity index (χ0v) is 12.7. The number of carbonyl (C=O) groups excluding carboxylic acids is 1. The zero-order chi connectivity index (χ0) is 15.0. The van der Waals surface area contributed by atoms with Gasteiger partial charge in [0, 0.05) is 12.6 Å². The highest BCUT2D eigenvalue weighted by molar-refractivity contribution is 5.75. The molecule has 0 heterocycles. The van der Waals surface area contributed by atoms with Gasteiger partial charge in [0.1, 0.15) is 5.75 Å². The van der Waals surface area contributed by atoms with Gasteiger partial charge >= 0.3 is 0 Å². The van der Waals surface area contributed by atoms with Crippen molar-refractivity contribution in [1.82, 2.24) is 5.32 Å². The Labute approximate surface area is 121 Å². The molecule has 3 N–H and O–H groups in total. The molecule has 112 valence electrons. The van der Waals surface area contributed by atoms with Gasteiger partial charge in [-0.05, 0) is 43.4 Å². The van der Waals surface area contributed by atoms with E-state index in [1.54, 1.807) is 0 Å². The van der Waals surface area contributed by atoms with Gasteiger partial charge in [-0.15, -0.1) is 0 Å². The van der Waals surface area contributed by atoms with Crippen molar-refractivity contribution < 1.29 is 9.53 Å². The fourth-order valence-electron chi connectivity index (χ4n) is 1.84. The van der Waals surface area contributed by atoms with Crippen LogP contribution in [0.5, 0.6) is 5.75 Å². The third kappa shape index (κ3) is 7.14. The molecular formula is C16H26N2O2. The maximum atomic E-state index is 10.6. The number of primary amides is 1. The van der Waals surface area contributed by atoms with Gasteiger partial charge in [0.15, 0.2) is 6.61 Å². The van der Waals surface area contributed by atoms with Gasteiger partial charge in [-0.25, -0.2) is 0 Å². The van der Waals surface area contributed by atoms with Gasteiger partial charge in [-0.2, -0.15) is 0 Å². The van der Waals surface area contributed by atoms with Crippen molar-refractivity contribution >= 4 is 5.91 Å². The highest BCUT2D eigenvalue weighted by atomic mass is 16.5. The van der Waals surface area contributed by atoms with Gasteiger partial charge in [0.2, 0.25) is 0 Å². The van der Waals surface area contributed by atoms with Gasteiger partial charge in [0.05, 0.1) is 0 Å². The highest BCUT2D eigenvalue weighted by Crippen LogP contribution is 2.12. The second-order valence-corrected chi connectivity index (χ2v) is 5.65. The number of rotatable bonds is 9. The lowest BCUT2D eigenvalue weighted by Gasteiger charge is -2.15. The standard InChI is InChI=1S/C16H26N2O2/c1-12(2)4-5-13(3)18-10-14-6-8-15(9-7-14)20-11-16(17)19/h6-9,12-13,18H,4-5,10-11H2,1-3H3,(H2,17,19). The predicted octanol–water partition coefficient (Wildman–Crippen LogP) is 2.46. The van der Waals surface area contributed by atoms with E-state index in [1.165, 1.54) is 18.4 Å². The summed E-state index contributed by atoms with van der Waals surface area (Å²) in [6.45, 7) is 7.47. The van der Waals surface area contributed by atoms with Gasteiger partial charge in [0.25, 0.3) is 5.91 Å². The van der Waals surface area contributed by atoms with E-state index in [-0.39, 0.29) is 6.61 Å². The molecule has 0 aliphatic heterocycles. The lowest BCUT2D eigenvalue weighted by Crippen LogP contribution is -2.25. The minimum atomic E-state index is -0.463. The molecule has 1 atom stereocenters. The molecule has 0 saturated carbocycles. The van der Waals surface area contributed by atoms with Crippen molar-refractivity contribution in [1.29, 1.82) is 0 Å². The Morgan fingerprint density at radius 2 is 1.85 bits per heavy atom. The molecule has 1 amide bonds. The first-order valence-corrected chi connectivity index (χ1v) is 7.20. The second kappa shape index (κ2) is 8.59. The monoisotopic (exact) mass is 278 g/mol. The van der Waals surface area contributed by atoms with Crippen LogP contribution in [-0.2, 0) is 11.3 Å². The fraction of sp³-hybridized carbons (Fsp3) is 0.562. The van der Waals surface area contributed by atoms with Gasteiger partial charge in [-0.3, -0.25) is 4.79 Å². The first kappa shape index (κ1) is 16.5. The number of ether oxygens (including phenoxy) is 1. The molecule has 4 nitrogen and oxygen atoms in total. The minimum Gasteiger partial charge on any atom is -0.484 e. The Balaban J connectivity index is 2.32. The molecule has 1 aromatic carbocycles. The van der Waals surface area contributed by atoms with Crippen molar-refractivity contribution in [3.05, 3.63) is 29.8 Å². The van der Waals surface area contributed by atoms with Crippen molar-refractivity contribution in [3.8, 4) is 5.75 Å². The summed E-state index contributed by atoms with van der Waals surface area (Å²) in [5.74, 6) is 0.955. The number of carbonyl (C=O) groups is 1. The SMILES string of the molecule is CC(C)CCC(C)NCc1ccc(OCC(N)=O)cc1. The number of hydrogen-bond acceptors (Lipinski definition) is 3. The van der Waals surface area contributed by atoms with E-state index in [0.717, 1.165) is 12.5 Å². The second-order valence-electron chi connectivity index (χ2n) is 5.65. The average molecular weight is 278 g/mol. The number of benzene rings is 1. The topological polar surface area (TPSA) is 64.3 Å². The first-order chi connectivity index (χ1) is 9.47. The van der Waals surface area contributed by atoms with Crippen LogP contribution in [0.15, 0.2) is 24.3 Å². The quantitative estimate of drug-likeness (QED) is 0.729. The van der Waals surface area contributed by atoms with Crippen LogP contribution in [0.25, 0.3) is 0 Å². The molecule has 0 radical (unpaired) electrons. The maximum absolute atomic E-state index is 10.6. The van der Waals surface area contributed by atoms with Crippen LogP contribution in [0.4, 0.5) is 0 Å². The molecule has 0 spiro atoms. The third-order valence-electron chi connectivity index (χ3n) is 3.14. The number of hydrogen-bond donors (Lipinski definition) is 2. The number of nitrogens with one attached hydrogen (secondary N) is 1. The Bertz CT molecular complexity index is 401. The van der Waals surface area contributed by atoms with E-state index in [2.05, 4.69) is 26.1 Å². The summed E-state index contributed by atoms with van der Waals surface area (Å²) in [6.07, 6.45) is 2.44. The average Bonchev–Trinajstić information content (AvgIpc) is 2.41. The molecule has 1 aromatic rings. The molecule has 0 bridgehead atoms. The normalized spacial score (nSPS) is 12.4. The van der Waals surface area contributed by atoms with Crippen molar-refractivity contribution in [2.24, 2.45) is 11.7 Å². The minimum absolute atomic E-state index is 0.0795. The van der Waals surface area contributed by atoms with Crippen molar-refractivity contribution in [2.45, 2.75) is 46.2 Å². The van der Waals surface area contributed by atoms with Crippen LogP contribution in [-0.4, -0.2) is 18.6 Å². The van der Waals surface area contributed by atoms with E-state index < -0.39 is 5.91 Å². The van der Waals surface area contributed by atoms with Gasteiger partial charge in [-0.1, -0.05) is 26.0 Å². The highest BCUT2D eigenvalue weighted by Gasteiger charge is 2.04. The summed E-state index contributed by atoms with van der Waals surface area (Å²) in [6, 6.07) is 8.23. The van der Waals surface area contributed by atoms with E-state index >= 15 is 0 Å². The zero-order valence-electron chi connectivity index (χ0n) is 12.7. The number of nitrogens with two attached hydrogens (primary N) is 1. The Hall–Kier alpha value is -1.55. The van der Waals surface area contributed by atoms with Crippen molar-refractivity contribution in [2.75, 3.05) is 6.61 Å². The summed E-state index contributed by atoms with van der Waals surface area (Å²) in [4.78, 5) is 10.6. The van der Waals surface area contributed by atoms with Crippen LogP contribution < -0.4 is 15.8 Å². The van der Waals surface area contributed by atoms with Crippen LogP contribution in [0.1, 0.15) is 39.2 Å². The van der Waals surface area contributed by atoms with Crippen LogP contribution in [0.3, 0.4) is 0 Å². The lowest BCUT2D eigenvalue weighted by molar-refractivity contribution is -0.119. The molecular weight excluding hydrogens is 252 g/mol. The fourth-order valence-corrected chi connectivity index (χ4v) is 1.84. The molecule has 20 heavy (non-hydrogen) atoms. The molecule has 4 heteroatoms. The maximum Gasteiger partial charge on any atom is 0.255 e. The summed E-state index contributed by atoms with van der Waals surface area (Å²) in [5, 5.41) is 3.51. The van der Waals surface area contributed by atoms with E-state index in [0.29, 0.717) is 11.8 Å². The van der Waals surface area contributed by atoms with E-state index in [4.69, 9.17) is 10.5 Å². The van der Waals surface area contributed by atoms with Crippen molar-refractivity contribution in [3.63, 3.8) is 0 Å². The van der Waals surface area contributed by atoms with E-state index in [9.17, 15) is 4.79 Å². The largest absolute Gasteiger partial charge is 0.484 e. The lowest BCUT2D eigenvalue weighted by atomic mass is 10.0. The van der Waals surface area contributed by atoms with Crippen LogP contribution in [0, 0.1) is 5.92 Å². The van der Waals surface area contributed by atoms with Crippen LogP contribution in [0.2, 0.25) is 0 Å². The smallest absolute Gasteiger partial charge is 0.255 e. The summed E-state index contributed by atoms with van der Waals surface area (Å²) in [7, 11) is 0. The Morgan fingerprint density at radius 3 is 2.40 bits per heavy atom. The molecule has 1 rings (SSSR count). The summed E-state index contributed by atoms with van der Waals surface area (Å²) in [5.41, 5.74) is 6.23.